The Morgan fingerprint density at radius 3 is 2.59 bits per heavy atom. The van der Waals surface area contributed by atoms with Gasteiger partial charge in [-0.2, -0.15) is 0 Å². The van der Waals surface area contributed by atoms with Gasteiger partial charge >= 0.3 is 0 Å². The van der Waals surface area contributed by atoms with Gasteiger partial charge in [0, 0.05) is 12.1 Å². The predicted octanol–water partition coefficient (Wildman–Crippen LogP) is 2.69. The molecule has 3 N–H and O–H groups in total. The molecule has 2 aromatic carbocycles. The number of thioether (sulfide) groups is 1. The number of primary sulfonamides is 1. The maximum absolute atomic E-state index is 12.6. The average Bonchev–Trinajstić information content (AvgIpc) is 3.13. The molecule has 1 amide bonds. The summed E-state index contributed by atoms with van der Waals surface area (Å²) >= 11 is 1.28. The molecular weight excluding hydrogens is 452 g/mol. The largest absolute Gasteiger partial charge is 0.497 e. The van der Waals surface area contributed by atoms with E-state index in [0.717, 1.165) is 11.1 Å². The summed E-state index contributed by atoms with van der Waals surface area (Å²) in [5, 5.41) is 8.81. The summed E-state index contributed by atoms with van der Waals surface area (Å²) in [4.78, 5) is 17.1. The summed E-state index contributed by atoms with van der Waals surface area (Å²) in [7, 11) is -0.664. The topological polar surface area (TPSA) is 126 Å². The number of nitrogens with two attached hydrogens (primary N) is 1. The van der Waals surface area contributed by atoms with Gasteiger partial charge < -0.3 is 19.4 Å². The number of sulfonamides is 1. The number of hydrogen-bond acceptors (Lipinski definition) is 7. The van der Waals surface area contributed by atoms with Crippen molar-refractivity contribution in [2.24, 2.45) is 5.14 Å². The lowest BCUT2D eigenvalue weighted by molar-refractivity contribution is -0.119. The number of methoxy groups -OCH3 is 2. The molecule has 3 aromatic rings. The molecule has 9 nitrogen and oxygen atoms in total. The highest BCUT2D eigenvalue weighted by Crippen LogP contribution is 2.30. The minimum absolute atomic E-state index is 0.00103. The van der Waals surface area contributed by atoms with Crippen molar-refractivity contribution in [1.29, 1.82) is 0 Å². The van der Waals surface area contributed by atoms with Gasteiger partial charge in [0.25, 0.3) is 0 Å². The van der Waals surface area contributed by atoms with E-state index in [1.54, 1.807) is 32.4 Å². The number of fused-ring (bicyclic) bond motifs is 1. The van der Waals surface area contributed by atoms with Crippen LogP contribution in [0.25, 0.3) is 11.0 Å². The van der Waals surface area contributed by atoms with Crippen molar-refractivity contribution in [3.8, 4) is 11.5 Å². The van der Waals surface area contributed by atoms with Crippen molar-refractivity contribution in [1.82, 2.24) is 14.9 Å². The second-order valence-electron chi connectivity index (χ2n) is 7.02. The number of benzene rings is 2. The van der Waals surface area contributed by atoms with Crippen LogP contribution in [0.3, 0.4) is 0 Å². The quantitative estimate of drug-likeness (QED) is 0.453. The zero-order chi connectivity index (χ0) is 23.5. The molecular formula is C21H26N4O5S2. The Morgan fingerprint density at radius 2 is 1.97 bits per heavy atom. The molecule has 0 spiro atoms. The van der Waals surface area contributed by atoms with E-state index in [-0.39, 0.29) is 22.6 Å². The molecule has 0 aliphatic carbocycles. The Bertz CT molecular complexity index is 1240. The van der Waals surface area contributed by atoms with Crippen molar-refractivity contribution >= 4 is 38.7 Å². The average molecular weight is 479 g/mol. The van der Waals surface area contributed by atoms with Crippen LogP contribution in [0.2, 0.25) is 0 Å². The lowest BCUT2D eigenvalue weighted by Crippen LogP contribution is -2.28. The smallest absolute Gasteiger partial charge is 0.238 e. The molecule has 0 saturated carbocycles. The normalized spacial score (nSPS) is 12.5. The fourth-order valence-electron chi connectivity index (χ4n) is 3.35. The second kappa shape index (κ2) is 9.80. The van der Waals surface area contributed by atoms with Gasteiger partial charge in [-0.05, 0) is 50.2 Å². The lowest BCUT2D eigenvalue weighted by atomic mass is 10.1. The van der Waals surface area contributed by atoms with Crippen LogP contribution in [0.5, 0.6) is 11.5 Å². The molecule has 0 radical (unpaired) electrons. The number of aromatic nitrogens is 2. The van der Waals surface area contributed by atoms with E-state index in [1.807, 2.05) is 24.5 Å². The lowest BCUT2D eigenvalue weighted by Gasteiger charge is -2.18. The van der Waals surface area contributed by atoms with Crippen LogP contribution in [-0.4, -0.2) is 43.8 Å². The fourth-order valence-corrected chi connectivity index (χ4v) is 4.77. The Morgan fingerprint density at radius 1 is 1.22 bits per heavy atom. The van der Waals surface area contributed by atoms with Crippen LogP contribution in [-0.2, 0) is 21.4 Å². The summed E-state index contributed by atoms with van der Waals surface area (Å²) < 4.78 is 35.8. The number of nitrogens with one attached hydrogen (secondary N) is 1. The van der Waals surface area contributed by atoms with E-state index in [4.69, 9.17) is 14.6 Å². The highest BCUT2D eigenvalue weighted by atomic mass is 32.2. The van der Waals surface area contributed by atoms with E-state index in [1.165, 1.54) is 23.9 Å². The van der Waals surface area contributed by atoms with Gasteiger partial charge in [0.1, 0.15) is 11.5 Å². The summed E-state index contributed by atoms with van der Waals surface area (Å²) in [5.74, 6) is 1.30. The number of ether oxygens (including phenoxy) is 2. The highest BCUT2D eigenvalue weighted by Gasteiger charge is 2.18. The molecule has 0 aliphatic heterocycles. The number of hydrogen-bond donors (Lipinski definition) is 2. The van der Waals surface area contributed by atoms with Crippen molar-refractivity contribution < 1.29 is 22.7 Å². The minimum Gasteiger partial charge on any atom is -0.497 e. The number of imidazole rings is 1. The van der Waals surface area contributed by atoms with E-state index >= 15 is 0 Å². The van der Waals surface area contributed by atoms with Crippen molar-refractivity contribution in [3.05, 3.63) is 42.0 Å². The number of aryl methyl sites for hydroxylation is 1. The zero-order valence-corrected chi connectivity index (χ0v) is 19.9. The third-order valence-electron chi connectivity index (χ3n) is 4.94. The SMILES string of the molecule is CCn1c(SCC(=O)N[C@H](C)c2cc(OC)ccc2OC)nc2cc(S(N)(=O)=O)ccc21. The monoisotopic (exact) mass is 478 g/mol. The molecule has 32 heavy (non-hydrogen) atoms. The molecule has 0 bridgehead atoms. The first-order valence-corrected chi connectivity index (χ1v) is 12.4. The molecule has 3 rings (SSSR count). The summed E-state index contributed by atoms with van der Waals surface area (Å²) in [5.41, 5.74) is 2.09. The van der Waals surface area contributed by atoms with Crippen LogP contribution in [0, 0.1) is 0 Å². The molecule has 1 atom stereocenters. The van der Waals surface area contributed by atoms with Crippen molar-refractivity contribution in [3.63, 3.8) is 0 Å². The van der Waals surface area contributed by atoms with E-state index in [0.29, 0.717) is 28.7 Å². The van der Waals surface area contributed by atoms with Crippen molar-refractivity contribution in [2.75, 3.05) is 20.0 Å². The molecule has 1 heterocycles. The fraction of sp³-hybridized carbons (Fsp3) is 0.333. The number of amides is 1. The van der Waals surface area contributed by atoms with Gasteiger partial charge in [-0.1, -0.05) is 11.8 Å². The molecule has 11 heteroatoms. The van der Waals surface area contributed by atoms with E-state index in [2.05, 4.69) is 10.3 Å². The predicted molar refractivity (Wildman–Crippen MR) is 124 cm³/mol. The van der Waals surface area contributed by atoms with E-state index < -0.39 is 10.0 Å². The third kappa shape index (κ3) is 5.17. The first-order valence-electron chi connectivity index (χ1n) is 9.85. The molecule has 0 aliphatic rings. The van der Waals surface area contributed by atoms with Gasteiger partial charge in [0.05, 0.1) is 41.9 Å². The molecule has 0 saturated heterocycles. The van der Waals surface area contributed by atoms with Crippen molar-refractivity contribution in [2.45, 2.75) is 36.5 Å². The Kier molecular flexibility index (Phi) is 7.32. The first kappa shape index (κ1) is 23.9. The van der Waals surface area contributed by atoms with Crippen LogP contribution in [0.1, 0.15) is 25.5 Å². The number of carbonyl (C=O) groups excluding carboxylic acids is 1. The van der Waals surface area contributed by atoms with E-state index in [9.17, 15) is 13.2 Å². The molecule has 0 fully saturated rings. The molecule has 0 unspecified atom stereocenters. The molecule has 1 aromatic heterocycles. The van der Waals surface area contributed by atoms with Gasteiger partial charge in [0.2, 0.25) is 15.9 Å². The summed E-state index contributed by atoms with van der Waals surface area (Å²) in [6, 6.07) is 9.70. The van der Waals surface area contributed by atoms with Crippen LogP contribution in [0.4, 0.5) is 0 Å². The number of rotatable bonds is 9. The van der Waals surface area contributed by atoms with Gasteiger partial charge in [-0.25, -0.2) is 18.5 Å². The van der Waals surface area contributed by atoms with Crippen LogP contribution < -0.4 is 19.9 Å². The summed E-state index contributed by atoms with van der Waals surface area (Å²) in [6.07, 6.45) is 0. The maximum atomic E-state index is 12.6. The maximum Gasteiger partial charge on any atom is 0.238 e. The first-order chi connectivity index (χ1) is 15.2. The standard InChI is InChI=1S/C21H26N4O5S2/c1-5-25-18-8-7-15(32(22,27)28)11-17(18)24-21(25)31-12-20(26)23-13(2)16-10-14(29-3)6-9-19(16)30-4/h6-11,13H,5,12H2,1-4H3,(H,23,26)(H2,22,27,28)/t13-/m1/s1. The van der Waals surface area contributed by atoms with Gasteiger partial charge in [-0.15, -0.1) is 0 Å². The third-order valence-corrected chi connectivity index (χ3v) is 6.83. The molecule has 172 valence electrons. The van der Waals surface area contributed by atoms with Crippen LogP contribution in [0.15, 0.2) is 46.5 Å². The Hall–Kier alpha value is -2.76. The highest BCUT2D eigenvalue weighted by molar-refractivity contribution is 7.99. The number of carbonyl (C=O) groups is 1. The second-order valence-corrected chi connectivity index (χ2v) is 9.52. The number of nitrogens with zero attached hydrogens (tertiary/aromatic N) is 2. The van der Waals surface area contributed by atoms with Gasteiger partial charge in [-0.3, -0.25) is 4.79 Å². The summed E-state index contributed by atoms with van der Waals surface area (Å²) in [6.45, 7) is 4.44. The van der Waals surface area contributed by atoms with Gasteiger partial charge in [0.15, 0.2) is 5.16 Å². The van der Waals surface area contributed by atoms with Crippen LogP contribution >= 0.6 is 11.8 Å². The zero-order valence-electron chi connectivity index (χ0n) is 18.3. The Balaban J connectivity index is 1.74. The Labute approximate surface area is 191 Å². The minimum atomic E-state index is -3.82.